The van der Waals surface area contributed by atoms with Gasteiger partial charge in [-0.15, -0.1) is 0 Å². The molecule has 6 heteroatoms. The summed E-state index contributed by atoms with van der Waals surface area (Å²) in [6.45, 7) is 10.3. The summed E-state index contributed by atoms with van der Waals surface area (Å²) >= 11 is 0. The van der Waals surface area contributed by atoms with Crippen LogP contribution in [0, 0.1) is 46.3 Å². The molecule has 1 aliphatic heterocycles. The minimum absolute atomic E-state index is 0.00316. The van der Waals surface area contributed by atoms with Gasteiger partial charge in [0.05, 0.1) is 12.1 Å². The second-order valence-electron chi connectivity index (χ2n) is 11.5. The second-order valence-corrected chi connectivity index (χ2v) is 11.5. The van der Waals surface area contributed by atoms with Crippen LogP contribution in [0.15, 0.2) is 12.2 Å². The van der Waals surface area contributed by atoms with E-state index in [0.29, 0.717) is 17.8 Å². The minimum atomic E-state index is -0.799. The zero-order valence-corrected chi connectivity index (χ0v) is 20.6. The smallest absolute Gasteiger partial charge is 0.384 e. The van der Waals surface area contributed by atoms with E-state index in [4.69, 9.17) is 4.74 Å². The van der Waals surface area contributed by atoms with Crippen molar-refractivity contribution in [1.82, 2.24) is 10.6 Å². The number of fused-ring (bicyclic) bond motifs is 5. The number of nitrogens with one attached hydrogen (secondary N) is 2. The lowest BCUT2D eigenvalue weighted by molar-refractivity contribution is -0.136. The van der Waals surface area contributed by atoms with Crippen molar-refractivity contribution in [1.29, 1.82) is 0 Å². The normalized spacial score (nSPS) is 39.2. The molecule has 1 heterocycles. The van der Waals surface area contributed by atoms with Crippen molar-refractivity contribution in [2.75, 3.05) is 6.61 Å². The summed E-state index contributed by atoms with van der Waals surface area (Å²) in [5, 5.41) is 6.31. The minimum Gasteiger partial charge on any atom is -0.456 e. The van der Waals surface area contributed by atoms with E-state index in [1.165, 1.54) is 0 Å². The number of hydrogen-bond donors (Lipinski definition) is 2. The Balaban J connectivity index is 1.49. The molecular formula is C27H38N2O4. The van der Waals surface area contributed by atoms with Crippen molar-refractivity contribution in [3.63, 3.8) is 0 Å². The first-order valence-corrected chi connectivity index (χ1v) is 12.5. The van der Waals surface area contributed by atoms with Gasteiger partial charge >= 0.3 is 5.97 Å². The largest absolute Gasteiger partial charge is 0.456 e. The average molecular weight is 455 g/mol. The fraction of sp³-hybridized carbons (Fsp3) is 0.741. The maximum Gasteiger partial charge on any atom is 0.384 e. The Hall–Kier alpha value is -2.29. The third kappa shape index (κ3) is 4.20. The van der Waals surface area contributed by atoms with E-state index in [1.807, 2.05) is 13.8 Å². The Kier molecular flexibility index (Phi) is 6.14. The number of esters is 1. The Morgan fingerprint density at radius 3 is 2.67 bits per heavy atom. The lowest BCUT2D eigenvalue weighted by atomic mass is 9.48. The molecule has 0 unspecified atom stereocenters. The highest BCUT2D eigenvalue weighted by Crippen LogP contribution is 2.65. The van der Waals surface area contributed by atoms with Crippen LogP contribution in [0.4, 0.5) is 0 Å². The lowest BCUT2D eigenvalue weighted by Crippen LogP contribution is -2.59. The van der Waals surface area contributed by atoms with Gasteiger partial charge in [0.25, 0.3) is 0 Å². The van der Waals surface area contributed by atoms with Gasteiger partial charge in [-0.3, -0.25) is 9.59 Å². The topological polar surface area (TPSA) is 84.5 Å². The first-order chi connectivity index (χ1) is 15.5. The standard InChI is InChI=1S/C27H38N2O4/c1-6-33-23(31)13-14-25(2,3)29-24(32)20-9-8-18-17-7-10-21-27(5,16-12-22(30)28-21)19(17)11-15-26(18,20)4/h12,16-21H,6-11,15H2,1-5H3,(H,28,30)(H,29,32)/t17-,18-,19-,20+,21+,26-,27+/m0/s1. The van der Waals surface area contributed by atoms with E-state index < -0.39 is 11.5 Å². The molecule has 3 fully saturated rings. The van der Waals surface area contributed by atoms with Gasteiger partial charge in [-0.05, 0) is 88.5 Å². The van der Waals surface area contributed by atoms with Crippen LogP contribution in [0.2, 0.25) is 0 Å². The molecule has 4 aliphatic rings. The molecule has 180 valence electrons. The molecule has 3 aliphatic carbocycles. The highest BCUT2D eigenvalue weighted by atomic mass is 16.5. The number of carbonyl (C=O) groups is 3. The number of amides is 2. The molecule has 4 rings (SSSR count). The van der Waals surface area contributed by atoms with Gasteiger partial charge in [0, 0.05) is 23.3 Å². The fourth-order valence-corrected chi connectivity index (χ4v) is 7.56. The predicted octanol–water partition coefficient (Wildman–Crippen LogP) is 3.36. The van der Waals surface area contributed by atoms with Crippen LogP contribution >= 0.6 is 0 Å². The summed E-state index contributed by atoms with van der Waals surface area (Å²) < 4.78 is 4.88. The second kappa shape index (κ2) is 8.49. The summed E-state index contributed by atoms with van der Waals surface area (Å²) in [5.74, 6) is 6.47. The van der Waals surface area contributed by atoms with E-state index in [-0.39, 0.29) is 41.2 Å². The maximum atomic E-state index is 13.4. The molecule has 0 aromatic heterocycles. The molecule has 0 aromatic carbocycles. The molecule has 33 heavy (non-hydrogen) atoms. The fourth-order valence-electron chi connectivity index (χ4n) is 7.56. The molecule has 0 saturated heterocycles. The van der Waals surface area contributed by atoms with Crippen molar-refractivity contribution in [3.8, 4) is 11.8 Å². The van der Waals surface area contributed by atoms with Crippen LogP contribution in [-0.4, -0.2) is 36.0 Å². The van der Waals surface area contributed by atoms with Crippen molar-refractivity contribution in [3.05, 3.63) is 12.2 Å². The number of ether oxygens (including phenoxy) is 1. The number of hydrogen-bond acceptors (Lipinski definition) is 4. The zero-order valence-electron chi connectivity index (χ0n) is 20.6. The van der Waals surface area contributed by atoms with Crippen LogP contribution in [0.3, 0.4) is 0 Å². The van der Waals surface area contributed by atoms with Gasteiger partial charge in [0.2, 0.25) is 11.8 Å². The van der Waals surface area contributed by atoms with E-state index in [2.05, 4.69) is 42.4 Å². The molecule has 7 atom stereocenters. The van der Waals surface area contributed by atoms with E-state index in [1.54, 1.807) is 13.0 Å². The van der Waals surface area contributed by atoms with Crippen LogP contribution in [0.5, 0.6) is 0 Å². The Labute approximate surface area is 197 Å². The van der Waals surface area contributed by atoms with Crippen molar-refractivity contribution < 1.29 is 19.1 Å². The van der Waals surface area contributed by atoms with Crippen molar-refractivity contribution in [2.45, 2.75) is 84.7 Å². The Bertz CT molecular complexity index is 928. The summed E-state index contributed by atoms with van der Waals surface area (Å²) in [4.78, 5) is 37.0. The predicted molar refractivity (Wildman–Crippen MR) is 126 cm³/mol. The van der Waals surface area contributed by atoms with Crippen LogP contribution in [0.25, 0.3) is 0 Å². The monoisotopic (exact) mass is 454 g/mol. The Morgan fingerprint density at radius 2 is 1.94 bits per heavy atom. The SMILES string of the molecule is CCOC(=O)C#CC(C)(C)NC(=O)[C@H]1CC[C@H]2[C@@H]3CC[C@H]4NC(=O)C=C[C@]4(C)[C@H]3CC[C@]12C. The molecule has 0 bridgehead atoms. The summed E-state index contributed by atoms with van der Waals surface area (Å²) in [5.41, 5.74) is -0.823. The molecule has 0 aromatic rings. The maximum absolute atomic E-state index is 13.4. The Morgan fingerprint density at radius 1 is 1.18 bits per heavy atom. The molecule has 0 spiro atoms. The first kappa shape index (κ1) is 23.9. The van der Waals surface area contributed by atoms with Gasteiger partial charge in [0.15, 0.2) is 0 Å². The third-order valence-electron chi connectivity index (χ3n) is 9.19. The number of rotatable bonds is 3. The van der Waals surface area contributed by atoms with Crippen molar-refractivity contribution >= 4 is 17.8 Å². The van der Waals surface area contributed by atoms with Gasteiger partial charge in [-0.2, -0.15) is 0 Å². The molecule has 2 N–H and O–H groups in total. The van der Waals surface area contributed by atoms with Crippen LogP contribution < -0.4 is 10.6 Å². The molecule has 2 amide bonds. The zero-order chi connectivity index (χ0) is 24.0. The van der Waals surface area contributed by atoms with Gasteiger partial charge < -0.3 is 15.4 Å². The van der Waals surface area contributed by atoms with E-state index in [0.717, 1.165) is 38.5 Å². The van der Waals surface area contributed by atoms with E-state index >= 15 is 0 Å². The average Bonchev–Trinajstić information content (AvgIpc) is 3.10. The highest BCUT2D eigenvalue weighted by Gasteiger charge is 2.61. The van der Waals surface area contributed by atoms with Crippen molar-refractivity contribution in [2.24, 2.45) is 34.5 Å². The quantitative estimate of drug-likeness (QED) is 0.389. The van der Waals surface area contributed by atoms with Gasteiger partial charge in [0.1, 0.15) is 0 Å². The molecule has 3 saturated carbocycles. The lowest BCUT2D eigenvalue weighted by Gasteiger charge is -2.58. The summed E-state index contributed by atoms with van der Waals surface area (Å²) in [7, 11) is 0. The molecule has 0 radical (unpaired) electrons. The summed E-state index contributed by atoms with van der Waals surface area (Å²) in [6, 6.07) is 0.222. The van der Waals surface area contributed by atoms with E-state index in [9.17, 15) is 14.4 Å². The number of carbonyl (C=O) groups excluding carboxylic acids is 3. The third-order valence-corrected chi connectivity index (χ3v) is 9.19. The summed E-state index contributed by atoms with van der Waals surface area (Å²) in [6.07, 6.45) is 10.1. The first-order valence-electron chi connectivity index (χ1n) is 12.5. The molecular weight excluding hydrogens is 416 g/mol. The van der Waals surface area contributed by atoms with Crippen LogP contribution in [0.1, 0.15) is 73.1 Å². The highest BCUT2D eigenvalue weighted by molar-refractivity contribution is 5.89. The molecule has 6 nitrogen and oxygen atoms in total. The van der Waals surface area contributed by atoms with Crippen LogP contribution in [-0.2, 0) is 19.1 Å². The van der Waals surface area contributed by atoms with Gasteiger partial charge in [-0.25, -0.2) is 4.79 Å². The van der Waals surface area contributed by atoms with Gasteiger partial charge in [-0.1, -0.05) is 25.8 Å².